The number of hydrogen-bond acceptors (Lipinski definition) is 4. The third kappa shape index (κ3) is 3.41. The molecule has 0 radical (unpaired) electrons. The highest BCUT2D eigenvalue weighted by atomic mass is 16.5. The highest BCUT2D eigenvalue weighted by molar-refractivity contribution is 5.94. The first-order chi connectivity index (χ1) is 12.7. The van der Waals surface area contributed by atoms with E-state index in [4.69, 9.17) is 14.5 Å². The maximum atomic E-state index is 11.6. The molecular formula is C20H21N3O3. The fourth-order valence-electron chi connectivity index (χ4n) is 3.42. The van der Waals surface area contributed by atoms with Gasteiger partial charge in [-0.2, -0.15) is 0 Å². The van der Waals surface area contributed by atoms with Crippen LogP contribution in [0.4, 0.5) is 11.4 Å². The smallest absolute Gasteiger partial charge is 0.290 e. The molecule has 0 saturated heterocycles. The molecule has 0 saturated carbocycles. The quantitative estimate of drug-likeness (QED) is 0.887. The van der Waals surface area contributed by atoms with Gasteiger partial charge in [-0.1, -0.05) is 24.3 Å². The maximum absolute atomic E-state index is 11.6. The number of aryl methyl sites for hydroxylation is 1. The van der Waals surface area contributed by atoms with Gasteiger partial charge in [-0.05, 0) is 42.2 Å². The first-order valence-electron chi connectivity index (χ1n) is 8.70. The Morgan fingerprint density at radius 2 is 2.19 bits per heavy atom. The number of methoxy groups -OCH3 is 1. The second kappa shape index (κ2) is 7.17. The van der Waals surface area contributed by atoms with Crippen LogP contribution in [0, 0.1) is 0 Å². The van der Waals surface area contributed by atoms with Gasteiger partial charge in [0.25, 0.3) is 6.02 Å². The van der Waals surface area contributed by atoms with Gasteiger partial charge in [0, 0.05) is 24.0 Å². The van der Waals surface area contributed by atoms with E-state index in [0.29, 0.717) is 12.6 Å². The number of fused-ring (bicyclic) bond motifs is 2. The largest absolute Gasteiger partial charge is 0.460 e. The molecule has 1 aliphatic heterocycles. The highest BCUT2D eigenvalue weighted by Gasteiger charge is 2.23. The zero-order chi connectivity index (χ0) is 17.9. The first-order valence-corrected chi connectivity index (χ1v) is 8.70. The van der Waals surface area contributed by atoms with Gasteiger partial charge in [0.2, 0.25) is 5.91 Å². The van der Waals surface area contributed by atoms with Crippen LogP contribution in [0.2, 0.25) is 0 Å². The Morgan fingerprint density at radius 1 is 1.31 bits per heavy atom. The third-order valence-electron chi connectivity index (χ3n) is 4.64. The molecule has 6 nitrogen and oxygen atoms in total. The molecule has 0 bridgehead atoms. The average Bonchev–Trinajstić information content (AvgIpc) is 3.05. The number of amides is 1. The number of hydrogen-bond donors (Lipinski definition) is 2. The second-order valence-corrected chi connectivity index (χ2v) is 6.45. The van der Waals surface area contributed by atoms with E-state index < -0.39 is 0 Å². The first kappa shape index (κ1) is 16.6. The van der Waals surface area contributed by atoms with Crippen molar-refractivity contribution in [3.8, 4) is 0 Å². The molecule has 1 amide bonds. The van der Waals surface area contributed by atoms with E-state index in [1.54, 1.807) is 0 Å². The summed E-state index contributed by atoms with van der Waals surface area (Å²) in [6.07, 6.45) is 2.06. The summed E-state index contributed by atoms with van der Waals surface area (Å²) < 4.78 is 10.6. The summed E-state index contributed by atoms with van der Waals surface area (Å²) in [5.74, 6) is -0.181. The summed E-state index contributed by atoms with van der Waals surface area (Å²) in [5, 5.41) is 6.05. The SMILES string of the molecule is COCC(=O)Nc1ccc2c(c1)COC(=NC1CCc3ccccc31)N2. The van der Waals surface area contributed by atoms with Gasteiger partial charge in [-0.25, -0.2) is 4.99 Å². The number of amidine groups is 1. The molecule has 26 heavy (non-hydrogen) atoms. The third-order valence-corrected chi connectivity index (χ3v) is 4.64. The number of nitrogens with zero attached hydrogens (tertiary/aromatic N) is 1. The Kier molecular flexibility index (Phi) is 4.58. The predicted octanol–water partition coefficient (Wildman–Crippen LogP) is 3.26. The summed E-state index contributed by atoms with van der Waals surface area (Å²) in [5.41, 5.74) is 5.31. The molecule has 6 heteroatoms. The minimum Gasteiger partial charge on any atom is -0.460 e. The number of carbonyl (C=O) groups excluding carboxylic acids is 1. The van der Waals surface area contributed by atoms with E-state index in [9.17, 15) is 4.79 Å². The molecule has 2 aromatic carbocycles. The number of benzene rings is 2. The predicted molar refractivity (Wildman–Crippen MR) is 100 cm³/mol. The van der Waals surface area contributed by atoms with Crippen molar-refractivity contribution in [2.45, 2.75) is 25.5 Å². The summed E-state index contributed by atoms with van der Waals surface area (Å²) in [6.45, 7) is 0.453. The Balaban J connectivity index is 1.48. The lowest BCUT2D eigenvalue weighted by Crippen LogP contribution is -2.23. The summed E-state index contributed by atoms with van der Waals surface area (Å²) in [4.78, 5) is 16.4. The fourth-order valence-corrected chi connectivity index (χ4v) is 3.42. The van der Waals surface area contributed by atoms with Crippen LogP contribution < -0.4 is 10.6 Å². The highest BCUT2D eigenvalue weighted by Crippen LogP contribution is 2.34. The van der Waals surface area contributed by atoms with Gasteiger partial charge in [0.15, 0.2) is 0 Å². The van der Waals surface area contributed by atoms with E-state index in [1.165, 1.54) is 18.2 Å². The lowest BCUT2D eigenvalue weighted by molar-refractivity contribution is -0.119. The maximum Gasteiger partial charge on any atom is 0.290 e. The fraction of sp³-hybridized carbons (Fsp3) is 0.300. The van der Waals surface area contributed by atoms with Crippen LogP contribution in [0.15, 0.2) is 47.5 Å². The molecule has 0 spiro atoms. The minimum absolute atomic E-state index is 0.0332. The Bertz CT molecular complexity index is 863. The molecule has 1 atom stereocenters. The Hall–Kier alpha value is -2.86. The van der Waals surface area contributed by atoms with Gasteiger partial charge in [-0.3, -0.25) is 4.79 Å². The standard InChI is InChI=1S/C20H21N3O3/c1-25-12-19(24)21-15-7-9-17-14(10-15)11-26-20(22-17)23-18-8-6-13-4-2-3-5-16(13)18/h2-5,7,9-10,18H,6,8,11-12H2,1H3,(H,21,24)(H,22,23). The van der Waals surface area contributed by atoms with Crippen molar-refractivity contribution in [3.05, 3.63) is 59.2 Å². The van der Waals surface area contributed by atoms with Crippen LogP contribution in [0.1, 0.15) is 29.2 Å². The molecule has 2 aromatic rings. The number of aliphatic imine (C=N–C) groups is 1. The molecular weight excluding hydrogens is 330 g/mol. The van der Waals surface area contributed by atoms with Crippen LogP contribution in [-0.2, 0) is 27.3 Å². The minimum atomic E-state index is -0.181. The van der Waals surface area contributed by atoms with Crippen molar-refractivity contribution in [3.63, 3.8) is 0 Å². The average molecular weight is 351 g/mol. The number of rotatable bonds is 4. The Morgan fingerprint density at radius 3 is 3.08 bits per heavy atom. The van der Waals surface area contributed by atoms with Crippen LogP contribution in [0.3, 0.4) is 0 Å². The number of carbonyl (C=O) groups is 1. The topological polar surface area (TPSA) is 72.0 Å². The van der Waals surface area contributed by atoms with E-state index in [-0.39, 0.29) is 18.6 Å². The van der Waals surface area contributed by atoms with Crippen molar-refractivity contribution in [2.75, 3.05) is 24.4 Å². The van der Waals surface area contributed by atoms with Crippen LogP contribution in [-0.4, -0.2) is 25.6 Å². The van der Waals surface area contributed by atoms with Gasteiger partial charge in [0.1, 0.15) is 13.2 Å². The van der Waals surface area contributed by atoms with E-state index in [2.05, 4.69) is 34.9 Å². The number of nitrogens with one attached hydrogen (secondary N) is 2. The molecule has 0 fully saturated rings. The summed E-state index contributed by atoms with van der Waals surface area (Å²) in [7, 11) is 1.49. The normalized spacial score (nSPS) is 19.3. The van der Waals surface area contributed by atoms with Crippen molar-refractivity contribution in [2.24, 2.45) is 4.99 Å². The molecule has 4 rings (SSSR count). The molecule has 1 unspecified atom stereocenters. The summed E-state index contributed by atoms with van der Waals surface area (Å²) >= 11 is 0. The van der Waals surface area contributed by atoms with Gasteiger partial charge in [-0.15, -0.1) is 0 Å². The van der Waals surface area contributed by atoms with Crippen LogP contribution in [0.5, 0.6) is 0 Å². The molecule has 0 aromatic heterocycles. The zero-order valence-corrected chi connectivity index (χ0v) is 14.6. The van der Waals surface area contributed by atoms with E-state index in [1.807, 2.05) is 18.2 Å². The van der Waals surface area contributed by atoms with Crippen molar-refractivity contribution < 1.29 is 14.3 Å². The lowest BCUT2D eigenvalue weighted by Gasteiger charge is -2.22. The van der Waals surface area contributed by atoms with Gasteiger partial charge in [0.05, 0.1) is 6.04 Å². The molecule has 1 aliphatic carbocycles. The zero-order valence-electron chi connectivity index (χ0n) is 14.6. The van der Waals surface area contributed by atoms with Crippen LogP contribution >= 0.6 is 0 Å². The molecule has 134 valence electrons. The summed E-state index contributed by atoms with van der Waals surface area (Å²) in [6, 6.07) is 14.8. The van der Waals surface area contributed by atoms with Crippen LogP contribution in [0.25, 0.3) is 0 Å². The van der Waals surface area contributed by atoms with Crippen molar-refractivity contribution in [1.82, 2.24) is 0 Å². The molecule has 2 aliphatic rings. The van der Waals surface area contributed by atoms with E-state index in [0.717, 1.165) is 29.8 Å². The lowest BCUT2D eigenvalue weighted by atomic mass is 10.1. The van der Waals surface area contributed by atoms with E-state index >= 15 is 0 Å². The van der Waals surface area contributed by atoms with Gasteiger partial charge < -0.3 is 20.1 Å². The van der Waals surface area contributed by atoms with Gasteiger partial charge >= 0.3 is 0 Å². The number of ether oxygens (including phenoxy) is 2. The van der Waals surface area contributed by atoms with Crippen molar-refractivity contribution >= 4 is 23.3 Å². The number of anilines is 2. The molecule has 2 N–H and O–H groups in total. The monoisotopic (exact) mass is 351 g/mol. The van der Waals surface area contributed by atoms with Crippen molar-refractivity contribution in [1.29, 1.82) is 0 Å². The molecule has 1 heterocycles. The Labute approximate surface area is 152 Å². The second-order valence-electron chi connectivity index (χ2n) is 6.45.